The molecule has 0 heterocycles. The number of rotatable bonds is 6. The van der Waals surface area contributed by atoms with E-state index in [1.165, 1.54) is 0 Å². The van der Waals surface area contributed by atoms with Gasteiger partial charge in [-0.05, 0) is 31.3 Å². The Bertz CT molecular complexity index is 353. The van der Waals surface area contributed by atoms with E-state index in [0.29, 0.717) is 18.9 Å². The average Bonchev–Trinajstić information content (AvgIpc) is 2.28. The second-order valence-corrected chi connectivity index (χ2v) is 4.89. The molecule has 1 rings (SSSR count). The summed E-state index contributed by atoms with van der Waals surface area (Å²) in [5.74, 6) is 0.711. The Morgan fingerprint density at radius 3 is 2.33 bits per heavy atom. The fourth-order valence-electron chi connectivity index (χ4n) is 1.28. The molecule has 0 aliphatic heterocycles. The van der Waals surface area contributed by atoms with Gasteiger partial charge >= 0.3 is 6.18 Å². The third-order valence-corrected chi connectivity index (χ3v) is 2.86. The molecule has 1 aromatic rings. The fourth-order valence-corrected chi connectivity index (χ4v) is 1.54. The van der Waals surface area contributed by atoms with Crippen LogP contribution in [-0.4, -0.2) is 37.8 Å². The Hall–Kier alpha value is -0.750. The summed E-state index contributed by atoms with van der Waals surface area (Å²) in [4.78, 5) is 1.60. The first kappa shape index (κ1) is 15.3. The zero-order valence-electron chi connectivity index (χ0n) is 10.0. The summed E-state index contributed by atoms with van der Waals surface area (Å²) in [7, 11) is 1.65. The molecule has 2 nitrogen and oxygen atoms in total. The van der Waals surface area contributed by atoms with Crippen molar-refractivity contribution in [3.05, 3.63) is 28.7 Å². The van der Waals surface area contributed by atoms with E-state index in [9.17, 15) is 13.2 Å². The number of hydrogen-bond acceptors (Lipinski definition) is 2. The van der Waals surface area contributed by atoms with Gasteiger partial charge in [-0.2, -0.15) is 13.2 Å². The van der Waals surface area contributed by atoms with Crippen molar-refractivity contribution in [3.8, 4) is 5.75 Å². The summed E-state index contributed by atoms with van der Waals surface area (Å²) in [5, 5.41) is 0. The van der Waals surface area contributed by atoms with E-state index in [-0.39, 0.29) is 6.54 Å². The van der Waals surface area contributed by atoms with Crippen molar-refractivity contribution in [1.29, 1.82) is 0 Å². The van der Waals surface area contributed by atoms with Gasteiger partial charge in [-0.3, -0.25) is 0 Å². The van der Waals surface area contributed by atoms with Gasteiger partial charge in [-0.15, -0.1) is 0 Å². The van der Waals surface area contributed by atoms with E-state index in [2.05, 4.69) is 15.9 Å². The van der Waals surface area contributed by atoms with Crippen LogP contribution in [0.15, 0.2) is 28.7 Å². The molecule has 0 aliphatic rings. The van der Waals surface area contributed by atoms with E-state index in [4.69, 9.17) is 4.74 Å². The molecule has 18 heavy (non-hydrogen) atoms. The molecule has 0 amide bonds. The molecule has 0 aliphatic carbocycles. The van der Waals surface area contributed by atoms with Crippen LogP contribution in [-0.2, 0) is 0 Å². The minimum atomic E-state index is -4.10. The van der Waals surface area contributed by atoms with Crippen molar-refractivity contribution in [2.45, 2.75) is 12.6 Å². The van der Waals surface area contributed by atoms with Gasteiger partial charge in [0.1, 0.15) is 12.4 Å². The Labute approximate surface area is 113 Å². The molecule has 0 unspecified atom stereocenters. The number of nitrogens with zero attached hydrogens (tertiary/aromatic N) is 1. The molecule has 0 spiro atoms. The van der Waals surface area contributed by atoms with Crippen LogP contribution in [0.4, 0.5) is 13.2 Å². The van der Waals surface area contributed by atoms with E-state index in [1.54, 1.807) is 24.1 Å². The third kappa shape index (κ3) is 6.86. The number of benzene rings is 1. The summed E-state index contributed by atoms with van der Waals surface area (Å²) in [6, 6.07) is 7.31. The van der Waals surface area contributed by atoms with E-state index >= 15 is 0 Å². The van der Waals surface area contributed by atoms with Gasteiger partial charge in [0.2, 0.25) is 0 Å². The standard InChI is InChI=1S/C12H15BrF3NO/c1-17(7-6-12(14,15)16)8-9-18-11-4-2-10(13)3-5-11/h2-5H,6-9H2,1H3. The van der Waals surface area contributed by atoms with Gasteiger partial charge in [0.05, 0.1) is 6.42 Å². The quantitative estimate of drug-likeness (QED) is 0.790. The summed E-state index contributed by atoms with van der Waals surface area (Å²) >= 11 is 3.31. The van der Waals surface area contributed by atoms with E-state index in [1.807, 2.05) is 12.1 Å². The van der Waals surface area contributed by atoms with Gasteiger partial charge in [0, 0.05) is 17.6 Å². The summed E-state index contributed by atoms with van der Waals surface area (Å²) in [6.45, 7) is 0.829. The highest BCUT2D eigenvalue weighted by molar-refractivity contribution is 9.10. The Morgan fingerprint density at radius 1 is 1.17 bits per heavy atom. The molecule has 0 saturated carbocycles. The maximum atomic E-state index is 12.0. The lowest BCUT2D eigenvalue weighted by molar-refractivity contribution is -0.137. The van der Waals surface area contributed by atoms with Crippen LogP contribution >= 0.6 is 15.9 Å². The first-order chi connectivity index (χ1) is 8.37. The van der Waals surface area contributed by atoms with E-state index < -0.39 is 12.6 Å². The molecule has 0 atom stereocenters. The molecule has 0 saturated heterocycles. The maximum absolute atomic E-state index is 12.0. The number of alkyl halides is 3. The van der Waals surface area contributed by atoms with Gasteiger partial charge in [-0.25, -0.2) is 0 Å². The first-order valence-electron chi connectivity index (χ1n) is 5.50. The van der Waals surface area contributed by atoms with Crippen LogP contribution in [0, 0.1) is 0 Å². The second kappa shape index (κ2) is 6.99. The molecule has 0 bridgehead atoms. The molecular weight excluding hydrogens is 311 g/mol. The normalized spacial score (nSPS) is 11.9. The monoisotopic (exact) mass is 325 g/mol. The zero-order valence-corrected chi connectivity index (χ0v) is 11.6. The van der Waals surface area contributed by atoms with Gasteiger partial charge in [0.25, 0.3) is 0 Å². The van der Waals surface area contributed by atoms with Crippen molar-refractivity contribution >= 4 is 15.9 Å². The SMILES string of the molecule is CN(CCOc1ccc(Br)cc1)CCC(F)(F)F. The van der Waals surface area contributed by atoms with Crippen molar-refractivity contribution in [3.63, 3.8) is 0 Å². The topological polar surface area (TPSA) is 12.5 Å². The largest absolute Gasteiger partial charge is 0.492 e. The van der Waals surface area contributed by atoms with Crippen molar-refractivity contribution < 1.29 is 17.9 Å². The minimum Gasteiger partial charge on any atom is -0.492 e. The van der Waals surface area contributed by atoms with Gasteiger partial charge in [0.15, 0.2) is 0 Å². The number of hydrogen-bond donors (Lipinski definition) is 0. The van der Waals surface area contributed by atoms with Crippen LogP contribution in [0.3, 0.4) is 0 Å². The molecule has 1 aromatic carbocycles. The number of likely N-dealkylation sites (N-methyl/N-ethyl adjacent to an activating group) is 1. The summed E-state index contributed by atoms with van der Waals surface area (Å²) in [6.07, 6.45) is -4.89. The van der Waals surface area contributed by atoms with E-state index in [0.717, 1.165) is 4.47 Å². The smallest absolute Gasteiger partial charge is 0.390 e. The number of halogens is 4. The number of ether oxygens (including phenoxy) is 1. The Balaban J connectivity index is 2.19. The predicted molar refractivity (Wildman–Crippen MR) is 67.8 cm³/mol. The van der Waals surface area contributed by atoms with Crippen LogP contribution < -0.4 is 4.74 Å². The second-order valence-electron chi connectivity index (χ2n) is 3.97. The fraction of sp³-hybridized carbons (Fsp3) is 0.500. The molecule has 0 N–H and O–H groups in total. The van der Waals surface area contributed by atoms with Crippen molar-refractivity contribution in [1.82, 2.24) is 4.90 Å². The average molecular weight is 326 g/mol. The third-order valence-electron chi connectivity index (χ3n) is 2.33. The molecule has 102 valence electrons. The van der Waals surface area contributed by atoms with Crippen molar-refractivity contribution in [2.24, 2.45) is 0 Å². The first-order valence-corrected chi connectivity index (χ1v) is 6.30. The molecule has 0 radical (unpaired) electrons. The van der Waals surface area contributed by atoms with Crippen LogP contribution in [0.2, 0.25) is 0 Å². The minimum absolute atomic E-state index is 0.00675. The predicted octanol–water partition coefficient (Wildman–Crippen LogP) is 3.71. The summed E-state index contributed by atoms with van der Waals surface area (Å²) < 4.78 is 42.3. The highest BCUT2D eigenvalue weighted by Crippen LogP contribution is 2.19. The lowest BCUT2D eigenvalue weighted by atomic mass is 10.3. The molecule has 6 heteroatoms. The van der Waals surface area contributed by atoms with Gasteiger partial charge in [-0.1, -0.05) is 15.9 Å². The van der Waals surface area contributed by atoms with Crippen LogP contribution in [0.1, 0.15) is 6.42 Å². The van der Waals surface area contributed by atoms with Gasteiger partial charge < -0.3 is 9.64 Å². The molecule has 0 fully saturated rings. The Morgan fingerprint density at radius 2 is 1.78 bits per heavy atom. The highest BCUT2D eigenvalue weighted by atomic mass is 79.9. The molecular formula is C12H15BrF3NO. The molecule has 0 aromatic heterocycles. The Kier molecular flexibility index (Phi) is 5.95. The van der Waals surface area contributed by atoms with Crippen LogP contribution in [0.25, 0.3) is 0 Å². The van der Waals surface area contributed by atoms with Crippen molar-refractivity contribution in [2.75, 3.05) is 26.7 Å². The van der Waals surface area contributed by atoms with Crippen LogP contribution in [0.5, 0.6) is 5.75 Å². The highest BCUT2D eigenvalue weighted by Gasteiger charge is 2.26. The maximum Gasteiger partial charge on any atom is 0.390 e. The lowest BCUT2D eigenvalue weighted by Crippen LogP contribution is -2.28. The zero-order chi connectivity index (χ0) is 13.6. The summed E-state index contributed by atoms with van der Waals surface area (Å²) in [5.41, 5.74) is 0. The lowest BCUT2D eigenvalue weighted by Gasteiger charge is -2.17.